The van der Waals surface area contributed by atoms with Crippen molar-refractivity contribution >= 4 is 5.97 Å². The molecule has 5 heteroatoms. The fourth-order valence-electron chi connectivity index (χ4n) is 2.15. The predicted octanol–water partition coefficient (Wildman–Crippen LogP) is -0.958. The van der Waals surface area contributed by atoms with Crippen molar-refractivity contribution in [1.29, 1.82) is 0 Å². The van der Waals surface area contributed by atoms with Crippen LogP contribution in [0.4, 0.5) is 0 Å². The minimum Gasteiger partial charge on any atom is -1.00 e. The zero-order valence-corrected chi connectivity index (χ0v) is 13.7. The first kappa shape index (κ1) is 19.9. The van der Waals surface area contributed by atoms with E-state index in [9.17, 15) is 9.90 Å². The minimum absolute atomic E-state index is 0. The van der Waals surface area contributed by atoms with E-state index in [1.54, 1.807) is 6.92 Å². The van der Waals surface area contributed by atoms with Crippen LogP contribution in [0.2, 0.25) is 0 Å². The fraction of sp³-hybridized carbons (Fsp3) is 0.769. The first-order valence-corrected chi connectivity index (χ1v) is 6.29. The van der Waals surface area contributed by atoms with Crippen LogP contribution in [-0.2, 0) is 9.53 Å². The van der Waals surface area contributed by atoms with Crippen molar-refractivity contribution in [2.75, 3.05) is 19.6 Å². The zero-order valence-electron chi connectivity index (χ0n) is 12.1. The number of halogens is 1. The Bertz CT molecular complexity index is 282. The molecule has 1 unspecified atom stereocenters. The van der Waals surface area contributed by atoms with Crippen LogP contribution in [0.5, 0.6) is 0 Å². The van der Waals surface area contributed by atoms with Crippen molar-refractivity contribution < 1.29 is 36.1 Å². The van der Waals surface area contributed by atoms with Crippen LogP contribution in [0.1, 0.15) is 41.0 Å². The molecule has 108 valence electrons. The highest BCUT2D eigenvalue weighted by atomic mass is 79.9. The molecule has 0 rings (SSSR count). The number of ether oxygens (including phenoxy) is 1. The zero-order chi connectivity index (χ0) is 13.7. The molecule has 0 aromatic rings. The molecule has 0 fully saturated rings. The largest absolute Gasteiger partial charge is 1.00 e. The molecular weight excluding hydrogens is 298 g/mol. The third-order valence-corrected chi connectivity index (χ3v) is 3.62. The van der Waals surface area contributed by atoms with E-state index in [0.717, 1.165) is 0 Å². The molecule has 0 aromatic carbocycles. The Morgan fingerprint density at radius 3 is 1.83 bits per heavy atom. The summed E-state index contributed by atoms with van der Waals surface area (Å²) in [4.78, 5) is 11.6. The van der Waals surface area contributed by atoms with Crippen molar-refractivity contribution in [3.63, 3.8) is 0 Å². The van der Waals surface area contributed by atoms with Gasteiger partial charge in [-0.05, 0) is 27.7 Å². The molecule has 0 spiro atoms. The first-order chi connectivity index (χ1) is 7.82. The van der Waals surface area contributed by atoms with Crippen molar-refractivity contribution in [1.82, 2.24) is 0 Å². The Labute approximate surface area is 121 Å². The van der Waals surface area contributed by atoms with Gasteiger partial charge in [0.25, 0.3) is 0 Å². The van der Waals surface area contributed by atoms with Gasteiger partial charge in [-0.15, -0.1) is 0 Å². The quantitative estimate of drug-likeness (QED) is 0.284. The summed E-state index contributed by atoms with van der Waals surface area (Å²) in [6.45, 7) is 15.0. The van der Waals surface area contributed by atoms with Gasteiger partial charge in [-0.2, -0.15) is 0 Å². The molecule has 0 amide bonds. The van der Waals surface area contributed by atoms with E-state index in [2.05, 4.69) is 6.58 Å². The molecule has 0 bridgehead atoms. The molecule has 4 nitrogen and oxygen atoms in total. The van der Waals surface area contributed by atoms with Gasteiger partial charge in [-0.3, -0.25) is 4.48 Å². The highest BCUT2D eigenvalue weighted by Gasteiger charge is 2.49. The molecule has 18 heavy (non-hydrogen) atoms. The van der Waals surface area contributed by atoms with Gasteiger partial charge in [0.15, 0.2) is 0 Å². The Hall–Kier alpha value is -0.390. The van der Waals surface area contributed by atoms with E-state index in [-0.39, 0.29) is 17.0 Å². The van der Waals surface area contributed by atoms with Crippen molar-refractivity contribution in [2.45, 2.75) is 47.0 Å². The molecule has 1 atom stereocenters. The third-order valence-electron chi connectivity index (χ3n) is 3.62. The number of nitrogens with zero attached hydrogens (tertiary/aromatic N) is 1. The van der Waals surface area contributed by atoms with Gasteiger partial charge >= 0.3 is 11.9 Å². The van der Waals surface area contributed by atoms with Crippen LogP contribution in [0.25, 0.3) is 0 Å². The fourth-order valence-corrected chi connectivity index (χ4v) is 2.15. The Kier molecular flexibility index (Phi) is 8.77. The second-order valence-electron chi connectivity index (χ2n) is 4.36. The Morgan fingerprint density at radius 2 is 1.61 bits per heavy atom. The van der Waals surface area contributed by atoms with Gasteiger partial charge in [0.1, 0.15) is 0 Å². The average molecular weight is 324 g/mol. The van der Waals surface area contributed by atoms with E-state index < -0.39 is 11.9 Å². The average Bonchev–Trinajstić information content (AvgIpc) is 2.31. The lowest BCUT2D eigenvalue weighted by Gasteiger charge is -2.46. The molecule has 0 aliphatic carbocycles. The van der Waals surface area contributed by atoms with Crippen molar-refractivity contribution in [3.8, 4) is 0 Å². The summed E-state index contributed by atoms with van der Waals surface area (Å²) in [5.74, 6) is -2.00. The summed E-state index contributed by atoms with van der Waals surface area (Å²) in [6.07, 6.45) is 0.363. The molecule has 0 aliphatic heterocycles. The number of carbonyl (C=O) groups is 1. The van der Waals surface area contributed by atoms with Gasteiger partial charge in [0, 0.05) is 5.57 Å². The normalized spacial score (nSPS) is 14.3. The molecule has 0 aliphatic rings. The number of hydrogen-bond acceptors (Lipinski definition) is 3. The summed E-state index contributed by atoms with van der Waals surface area (Å²) in [6, 6.07) is 0. The van der Waals surface area contributed by atoms with Crippen molar-refractivity contribution in [2.24, 2.45) is 0 Å². The van der Waals surface area contributed by atoms with Crippen molar-refractivity contribution in [3.05, 3.63) is 12.2 Å². The second kappa shape index (κ2) is 7.92. The van der Waals surface area contributed by atoms with Crippen LogP contribution < -0.4 is 17.0 Å². The van der Waals surface area contributed by atoms with Crippen LogP contribution in [0.15, 0.2) is 12.2 Å². The molecule has 0 saturated heterocycles. The Morgan fingerprint density at radius 1 is 1.22 bits per heavy atom. The number of quaternary nitrogens is 1. The van der Waals surface area contributed by atoms with Crippen LogP contribution >= 0.6 is 0 Å². The predicted molar refractivity (Wildman–Crippen MR) is 68.0 cm³/mol. The van der Waals surface area contributed by atoms with Gasteiger partial charge in [0.2, 0.25) is 0 Å². The van der Waals surface area contributed by atoms with Gasteiger partial charge < -0.3 is 26.8 Å². The Balaban J connectivity index is 0. The van der Waals surface area contributed by atoms with Gasteiger partial charge in [-0.25, -0.2) is 4.79 Å². The van der Waals surface area contributed by atoms with Crippen LogP contribution in [0.3, 0.4) is 0 Å². The summed E-state index contributed by atoms with van der Waals surface area (Å²) < 4.78 is 5.63. The van der Waals surface area contributed by atoms with E-state index in [0.29, 0.717) is 36.1 Å². The number of hydrogen-bond donors (Lipinski definition) is 1. The lowest BCUT2D eigenvalue weighted by molar-refractivity contribution is -1.02. The maximum atomic E-state index is 11.6. The SMILES string of the molecule is C=C(C)C(=O)OC(O)(CC)[N+](CC)(CC)CC.[Br-]. The molecular formula is C13H26BrNO3. The molecule has 0 aromatic heterocycles. The van der Waals surface area contributed by atoms with E-state index in [1.165, 1.54) is 0 Å². The van der Waals surface area contributed by atoms with E-state index in [1.807, 2.05) is 27.7 Å². The number of rotatable bonds is 7. The van der Waals surface area contributed by atoms with E-state index >= 15 is 0 Å². The second-order valence-corrected chi connectivity index (χ2v) is 4.36. The highest BCUT2D eigenvalue weighted by Crippen LogP contribution is 2.28. The minimum atomic E-state index is -1.46. The third kappa shape index (κ3) is 3.80. The molecule has 0 radical (unpaired) electrons. The standard InChI is InChI=1S/C13H26NO3.BrH/c1-7-13(16,17-12(15)11(5)6)14(8-2,9-3)10-4;/h16H,5,7-10H2,1-4,6H3;1H/q+1;/p-1. The van der Waals surface area contributed by atoms with Crippen LogP contribution in [-0.4, -0.2) is 41.1 Å². The smallest absolute Gasteiger partial charge is 0.360 e. The van der Waals surface area contributed by atoms with Gasteiger partial charge in [0.05, 0.1) is 26.1 Å². The molecule has 0 heterocycles. The first-order valence-electron chi connectivity index (χ1n) is 6.29. The summed E-state index contributed by atoms with van der Waals surface area (Å²) in [5, 5.41) is 10.6. The number of carbonyl (C=O) groups excluding carboxylic acids is 1. The lowest BCUT2D eigenvalue weighted by Crippen LogP contribution is -3.00. The summed E-state index contributed by atoms with van der Waals surface area (Å²) in [5.41, 5.74) is 0.304. The highest BCUT2D eigenvalue weighted by molar-refractivity contribution is 5.87. The van der Waals surface area contributed by atoms with Gasteiger partial charge in [-0.1, -0.05) is 13.5 Å². The van der Waals surface area contributed by atoms with Crippen LogP contribution in [0, 0.1) is 0 Å². The maximum Gasteiger partial charge on any atom is 0.360 e. The number of aliphatic hydroxyl groups is 1. The summed E-state index contributed by atoms with van der Waals surface area (Å²) >= 11 is 0. The monoisotopic (exact) mass is 323 g/mol. The van der Waals surface area contributed by atoms with E-state index in [4.69, 9.17) is 4.74 Å². The topological polar surface area (TPSA) is 46.5 Å². The number of esters is 1. The molecule has 0 saturated carbocycles. The molecule has 1 N–H and O–H groups in total. The lowest BCUT2D eigenvalue weighted by atomic mass is 10.2. The summed E-state index contributed by atoms with van der Waals surface area (Å²) in [7, 11) is 0. The maximum absolute atomic E-state index is 11.6.